The van der Waals surface area contributed by atoms with Gasteiger partial charge in [-0.3, -0.25) is 9.36 Å². The van der Waals surface area contributed by atoms with E-state index in [2.05, 4.69) is 10.4 Å². The highest BCUT2D eigenvalue weighted by Gasteiger charge is 2.08. The second-order valence-corrected chi connectivity index (χ2v) is 3.55. The smallest absolute Gasteiger partial charge is 0.346 e. The fourth-order valence-corrected chi connectivity index (χ4v) is 1.39. The molecule has 1 N–H and O–H groups in total. The lowest BCUT2D eigenvalue weighted by molar-refractivity contribution is 0.516. The number of nitrogens with one attached hydrogen (secondary N) is 1. The van der Waals surface area contributed by atoms with E-state index in [9.17, 15) is 9.59 Å². The van der Waals surface area contributed by atoms with Crippen molar-refractivity contribution in [2.75, 3.05) is 5.32 Å². The van der Waals surface area contributed by atoms with Gasteiger partial charge in [-0.2, -0.15) is 0 Å². The molecule has 0 atom stereocenters. The first-order valence-corrected chi connectivity index (χ1v) is 5.00. The molecule has 0 aliphatic heterocycles. The molecule has 0 fully saturated rings. The van der Waals surface area contributed by atoms with Crippen molar-refractivity contribution >= 4 is 5.82 Å². The van der Waals surface area contributed by atoms with Crippen LogP contribution in [0.25, 0.3) is 0 Å². The summed E-state index contributed by atoms with van der Waals surface area (Å²) in [5.74, 6) is 0.800. The molecule has 2 aromatic heterocycles. The Morgan fingerprint density at radius 2 is 2.18 bits per heavy atom. The van der Waals surface area contributed by atoms with E-state index in [0.29, 0.717) is 12.3 Å². The molecule has 0 radical (unpaired) electrons. The molecule has 0 spiro atoms. The predicted octanol–water partition coefficient (Wildman–Crippen LogP) is -0.316. The number of aromatic nitrogens is 3. The van der Waals surface area contributed by atoms with Crippen LogP contribution in [0.5, 0.6) is 0 Å². The zero-order valence-corrected chi connectivity index (χ0v) is 9.51. The third kappa shape index (κ3) is 2.12. The maximum absolute atomic E-state index is 11.7. The summed E-state index contributed by atoms with van der Waals surface area (Å²) >= 11 is 0. The second kappa shape index (κ2) is 4.28. The van der Waals surface area contributed by atoms with Gasteiger partial charge in [0.05, 0.1) is 12.8 Å². The van der Waals surface area contributed by atoms with Crippen molar-refractivity contribution in [3.63, 3.8) is 0 Å². The number of hydrogen-bond donors (Lipinski definition) is 1. The number of rotatable bonds is 3. The van der Waals surface area contributed by atoms with Crippen LogP contribution in [0.1, 0.15) is 5.76 Å². The zero-order valence-electron chi connectivity index (χ0n) is 9.51. The minimum absolute atomic E-state index is 0.117. The normalized spacial score (nSPS) is 10.5. The van der Waals surface area contributed by atoms with Crippen molar-refractivity contribution < 1.29 is 4.42 Å². The SMILES string of the molecule is Cn1nc(NCc2ccco2)c(=O)n(C)c1=O. The highest BCUT2D eigenvalue weighted by atomic mass is 16.3. The lowest BCUT2D eigenvalue weighted by Gasteiger charge is -2.06. The molecule has 2 rings (SSSR count). The molecule has 0 amide bonds. The van der Waals surface area contributed by atoms with Crippen molar-refractivity contribution in [3.8, 4) is 0 Å². The van der Waals surface area contributed by atoms with Gasteiger partial charge in [-0.1, -0.05) is 0 Å². The van der Waals surface area contributed by atoms with Gasteiger partial charge < -0.3 is 9.73 Å². The fourth-order valence-electron chi connectivity index (χ4n) is 1.39. The lowest BCUT2D eigenvalue weighted by Crippen LogP contribution is -2.39. The number of aryl methyl sites for hydroxylation is 1. The third-order valence-electron chi connectivity index (χ3n) is 2.33. The van der Waals surface area contributed by atoms with E-state index in [0.717, 1.165) is 9.25 Å². The molecule has 0 saturated carbocycles. The van der Waals surface area contributed by atoms with Gasteiger partial charge in [0.1, 0.15) is 5.76 Å². The maximum Gasteiger partial charge on any atom is 0.346 e. The average Bonchev–Trinajstić information content (AvgIpc) is 2.82. The molecule has 0 saturated heterocycles. The second-order valence-electron chi connectivity index (χ2n) is 3.55. The van der Waals surface area contributed by atoms with Crippen LogP contribution in [0.3, 0.4) is 0 Å². The van der Waals surface area contributed by atoms with Crippen LogP contribution in [0.15, 0.2) is 32.4 Å². The summed E-state index contributed by atoms with van der Waals surface area (Å²) in [6.07, 6.45) is 1.54. The Hall–Kier alpha value is -2.31. The molecule has 0 aliphatic carbocycles. The van der Waals surface area contributed by atoms with E-state index < -0.39 is 11.2 Å². The first-order chi connectivity index (χ1) is 8.09. The predicted molar refractivity (Wildman–Crippen MR) is 60.8 cm³/mol. The monoisotopic (exact) mass is 236 g/mol. The molecule has 7 heteroatoms. The van der Waals surface area contributed by atoms with E-state index >= 15 is 0 Å². The quantitative estimate of drug-likeness (QED) is 0.790. The standard InChI is InChI=1S/C10H12N4O3/c1-13-9(15)8(12-14(2)10(13)16)11-6-7-4-3-5-17-7/h3-5H,6H2,1-2H3,(H,11,12). The highest BCUT2D eigenvalue weighted by Crippen LogP contribution is 2.01. The molecular weight excluding hydrogens is 224 g/mol. The lowest BCUT2D eigenvalue weighted by atomic mass is 10.4. The number of hydrogen-bond acceptors (Lipinski definition) is 5. The summed E-state index contributed by atoms with van der Waals surface area (Å²) in [6, 6.07) is 3.53. The zero-order chi connectivity index (χ0) is 12.4. The summed E-state index contributed by atoms with van der Waals surface area (Å²) in [5, 5.41) is 6.68. The molecule has 0 unspecified atom stereocenters. The summed E-state index contributed by atoms with van der Waals surface area (Å²) in [7, 11) is 2.89. The molecule has 0 aromatic carbocycles. The van der Waals surface area contributed by atoms with E-state index in [1.165, 1.54) is 14.1 Å². The van der Waals surface area contributed by atoms with Crippen LogP contribution in [0, 0.1) is 0 Å². The molecule has 90 valence electrons. The summed E-state index contributed by atoms with van der Waals surface area (Å²) in [4.78, 5) is 23.1. The van der Waals surface area contributed by atoms with Crippen LogP contribution in [-0.2, 0) is 20.6 Å². The molecular formula is C10H12N4O3. The molecule has 0 bridgehead atoms. The van der Waals surface area contributed by atoms with Gasteiger partial charge in [-0.25, -0.2) is 9.48 Å². The van der Waals surface area contributed by atoms with Gasteiger partial charge in [0.15, 0.2) is 0 Å². The topological polar surface area (TPSA) is 82.1 Å². The molecule has 7 nitrogen and oxygen atoms in total. The van der Waals surface area contributed by atoms with Gasteiger partial charge in [0.25, 0.3) is 5.56 Å². The molecule has 2 heterocycles. The summed E-state index contributed by atoms with van der Waals surface area (Å²) < 4.78 is 7.21. The minimum atomic E-state index is -0.460. The average molecular weight is 236 g/mol. The highest BCUT2D eigenvalue weighted by molar-refractivity contribution is 5.30. The Kier molecular flexibility index (Phi) is 2.82. The number of nitrogens with zero attached hydrogens (tertiary/aromatic N) is 3. The van der Waals surface area contributed by atoms with Crippen molar-refractivity contribution in [3.05, 3.63) is 45.0 Å². The van der Waals surface area contributed by atoms with E-state index in [4.69, 9.17) is 4.42 Å². The molecule has 0 aliphatic rings. The Balaban J connectivity index is 2.28. The van der Waals surface area contributed by atoms with Gasteiger partial charge in [0, 0.05) is 14.1 Å². The van der Waals surface area contributed by atoms with Gasteiger partial charge in [-0.05, 0) is 12.1 Å². The van der Waals surface area contributed by atoms with Crippen LogP contribution < -0.4 is 16.6 Å². The molecule has 2 aromatic rings. The van der Waals surface area contributed by atoms with Crippen LogP contribution in [-0.4, -0.2) is 14.3 Å². The Labute approximate surface area is 96.3 Å². The van der Waals surface area contributed by atoms with Crippen molar-refractivity contribution in [1.82, 2.24) is 14.3 Å². The van der Waals surface area contributed by atoms with Crippen LogP contribution in [0.2, 0.25) is 0 Å². The van der Waals surface area contributed by atoms with E-state index in [1.54, 1.807) is 18.4 Å². The van der Waals surface area contributed by atoms with Gasteiger partial charge >= 0.3 is 5.69 Å². The van der Waals surface area contributed by atoms with Crippen molar-refractivity contribution in [1.29, 1.82) is 0 Å². The van der Waals surface area contributed by atoms with E-state index in [-0.39, 0.29) is 5.82 Å². The summed E-state index contributed by atoms with van der Waals surface area (Å²) in [5.41, 5.74) is -0.918. The minimum Gasteiger partial charge on any atom is -0.467 e. The fraction of sp³-hybridized carbons (Fsp3) is 0.300. The first kappa shape index (κ1) is 11.2. The van der Waals surface area contributed by atoms with Crippen molar-refractivity contribution in [2.45, 2.75) is 6.54 Å². The Bertz CT molecular complexity index is 624. The van der Waals surface area contributed by atoms with Crippen LogP contribution >= 0.6 is 0 Å². The Morgan fingerprint density at radius 3 is 2.82 bits per heavy atom. The maximum atomic E-state index is 11.7. The largest absolute Gasteiger partial charge is 0.467 e. The van der Waals surface area contributed by atoms with E-state index in [1.807, 2.05) is 0 Å². The van der Waals surface area contributed by atoms with Gasteiger partial charge in [-0.15, -0.1) is 5.10 Å². The Morgan fingerprint density at radius 1 is 1.41 bits per heavy atom. The van der Waals surface area contributed by atoms with Crippen LogP contribution in [0.4, 0.5) is 5.82 Å². The molecule has 17 heavy (non-hydrogen) atoms. The van der Waals surface area contributed by atoms with Crippen molar-refractivity contribution in [2.24, 2.45) is 14.1 Å². The summed E-state index contributed by atoms with van der Waals surface area (Å²) in [6.45, 7) is 0.341. The van der Waals surface area contributed by atoms with Gasteiger partial charge in [0.2, 0.25) is 5.82 Å². The third-order valence-corrected chi connectivity index (χ3v) is 2.33. The first-order valence-electron chi connectivity index (χ1n) is 5.00. The number of anilines is 1. The number of furan rings is 1.